The van der Waals surface area contributed by atoms with Crippen LogP contribution in [0.3, 0.4) is 0 Å². The maximum atomic E-state index is 13.1. The molecule has 3 aromatic carbocycles. The van der Waals surface area contributed by atoms with Crippen molar-refractivity contribution in [3.63, 3.8) is 0 Å². The normalized spacial score (nSPS) is 17.7. The fourth-order valence-electron chi connectivity index (χ4n) is 4.95. The van der Waals surface area contributed by atoms with Crippen molar-refractivity contribution in [2.45, 2.75) is 25.9 Å². The molecule has 9 heteroatoms. The standard InChI is InChI=1S/C30H30N4O5/c1-18-16-34(17-19(2)31-18)29(36)21-9-11-22(12-10-21)32-27(20-7-5-4-6-8-20)26-24-14-13-23(39-30(37)38-3)15-25(24)33-28(26)35/h4-15,18-19,31,33,35H,16-17H2,1-3H3/t18-,19+. The number of rotatable bonds is 5. The molecule has 0 unspecified atom stereocenters. The number of piperazine rings is 1. The number of aromatic hydroxyl groups is 1. The van der Waals surface area contributed by atoms with Gasteiger partial charge < -0.3 is 29.8 Å². The monoisotopic (exact) mass is 526 g/mol. The highest BCUT2D eigenvalue weighted by Crippen LogP contribution is 2.33. The van der Waals surface area contributed by atoms with E-state index < -0.39 is 6.16 Å². The molecule has 1 saturated heterocycles. The van der Waals surface area contributed by atoms with Gasteiger partial charge in [-0.3, -0.25) is 4.79 Å². The van der Waals surface area contributed by atoms with Gasteiger partial charge in [-0.05, 0) is 50.2 Å². The summed E-state index contributed by atoms with van der Waals surface area (Å²) in [4.78, 5) is 34.4. The maximum absolute atomic E-state index is 13.1. The van der Waals surface area contributed by atoms with Crippen LogP contribution in [0.1, 0.15) is 35.3 Å². The number of ether oxygens (including phenoxy) is 2. The molecule has 2 heterocycles. The number of carbonyl (C=O) groups is 2. The quantitative estimate of drug-likeness (QED) is 0.191. The highest BCUT2D eigenvalue weighted by atomic mass is 16.7. The van der Waals surface area contributed by atoms with Gasteiger partial charge in [-0.15, -0.1) is 0 Å². The number of nitrogens with zero attached hydrogens (tertiary/aromatic N) is 2. The third kappa shape index (κ3) is 5.63. The minimum Gasteiger partial charge on any atom is -0.494 e. The fourth-order valence-corrected chi connectivity index (χ4v) is 4.95. The number of nitrogens with one attached hydrogen (secondary N) is 2. The van der Waals surface area contributed by atoms with E-state index in [1.54, 1.807) is 42.5 Å². The molecule has 4 aromatic rings. The summed E-state index contributed by atoms with van der Waals surface area (Å²) >= 11 is 0. The van der Waals surface area contributed by atoms with E-state index >= 15 is 0 Å². The number of methoxy groups -OCH3 is 1. The van der Waals surface area contributed by atoms with Crippen LogP contribution in [0.4, 0.5) is 10.5 Å². The molecule has 1 aliphatic heterocycles. The average molecular weight is 527 g/mol. The van der Waals surface area contributed by atoms with Crippen molar-refractivity contribution in [2.24, 2.45) is 4.99 Å². The van der Waals surface area contributed by atoms with Gasteiger partial charge in [0.05, 0.1) is 29.6 Å². The van der Waals surface area contributed by atoms with Crippen molar-refractivity contribution in [3.8, 4) is 11.6 Å². The van der Waals surface area contributed by atoms with E-state index in [1.807, 2.05) is 35.2 Å². The number of aromatic amines is 1. The predicted molar refractivity (Wildman–Crippen MR) is 149 cm³/mol. The van der Waals surface area contributed by atoms with Gasteiger partial charge in [-0.2, -0.15) is 0 Å². The molecule has 1 fully saturated rings. The van der Waals surface area contributed by atoms with Crippen LogP contribution < -0.4 is 10.1 Å². The van der Waals surface area contributed by atoms with Gasteiger partial charge in [0.2, 0.25) is 0 Å². The van der Waals surface area contributed by atoms with Gasteiger partial charge in [0.15, 0.2) is 5.88 Å². The van der Waals surface area contributed by atoms with Gasteiger partial charge >= 0.3 is 6.16 Å². The lowest BCUT2D eigenvalue weighted by molar-refractivity contribution is 0.0673. The number of benzene rings is 3. The molecule has 9 nitrogen and oxygen atoms in total. The van der Waals surface area contributed by atoms with Crippen LogP contribution in [0, 0.1) is 0 Å². The Morgan fingerprint density at radius 3 is 2.31 bits per heavy atom. The molecule has 2 atom stereocenters. The first-order chi connectivity index (χ1) is 18.8. The van der Waals surface area contributed by atoms with E-state index in [-0.39, 0.29) is 29.6 Å². The first-order valence-corrected chi connectivity index (χ1v) is 12.7. The zero-order chi connectivity index (χ0) is 27.5. The number of aliphatic imine (C=N–C) groups is 1. The lowest BCUT2D eigenvalue weighted by Crippen LogP contribution is -2.55. The molecule has 1 aromatic heterocycles. The predicted octanol–water partition coefficient (Wildman–Crippen LogP) is 5.01. The minimum atomic E-state index is -0.834. The Kier molecular flexibility index (Phi) is 7.33. The van der Waals surface area contributed by atoms with Crippen LogP contribution in [0.5, 0.6) is 11.6 Å². The van der Waals surface area contributed by atoms with Crippen LogP contribution >= 0.6 is 0 Å². The molecule has 39 heavy (non-hydrogen) atoms. The summed E-state index contributed by atoms with van der Waals surface area (Å²) in [7, 11) is 1.23. The zero-order valence-corrected chi connectivity index (χ0v) is 22.0. The molecule has 0 saturated carbocycles. The van der Waals surface area contributed by atoms with Crippen LogP contribution in [-0.2, 0) is 4.74 Å². The van der Waals surface area contributed by atoms with E-state index in [4.69, 9.17) is 9.73 Å². The number of H-pyrrole nitrogens is 1. The fraction of sp³-hybridized carbons (Fsp3) is 0.233. The zero-order valence-electron chi connectivity index (χ0n) is 22.0. The molecule has 0 bridgehead atoms. The van der Waals surface area contributed by atoms with Gasteiger partial charge in [-0.25, -0.2) is 9.79 Å². The Hall–Kier alpha value is -4.63. The van der Waals surface area contributed by atoms with Crippen molar-refractivity contribution in [2.75, 3.05) is 20.2 Å². The van der Waals surface area contributed by atoms with Crippen molar-refractivity contribution in [1.82, 2.24) is 15.2 Å². The number of hydrogen-bond donors (Lipinski definition) is 3. The lowest BCUT2D eigenvalue weighted by atomic mass is 10.0. The second kappa shape index (κ2) is 11.0. The minimum absolute atomic E-state index is 0.00624. The second-order valence-electron chi connectivity index (χ2n) is 9.66. The largest absolute Gasteiger partial charge is 0.513 e. The Morgan fingerprint density at radius 2 is 1.64 bits per heavy atom. The number of fused-ring (bicyclic) bond motifs is 1. The molecule has 200 valence electrons. The van der Waals surface area contributed by atoms with E-state index in [1.165, 1.54) is 7.11 Å². The first kappa shape index (κ1) is 26.0. The summed E-state index contributed by atoms with van der Waals surface area (Å²) in [6.07, 6.45) is -0.834. The molecule has 0 aliphatic carbocycles. The molecule has 0 radical (unpaired) electrons. The Morgan fingerprint density at radius 1 is 0.949 bits per heavy atom. The number of amides is 1. The Balaban J connectivity index is 1.50. The van der Waals surface area contributed by atoms with Crippen LogP contribution in [-0.4, -0.2) is 65.0 Å². The average Bonchev–Trinajstić information content (AvgIpc) is 3.26. The molecule has 3 N–H and O–H groups in total. The SMILES string of the molecule is COC(=O)Oc1ccc2c(C(=Nc3ccc(C(=O)N4C[C@@H](C)N[C@@H](C)C4)cc3)c3ccccc3)c(O)[nH]c2c1. The summed E-state index contributed by atoms with van der Waals surface area (Å²) in [5, 5.41) is 15.1. The molecule has 5 rings (SSSR count). The van der Waals surface area contributed by atoms with Crippen LogP contribution in [0.2, 0.25) is 0 Å². The van der Waals surface area contributed by atoms with E-state index in [0.29, 0.717) is 46.5 Å². The van der Waals surface area contributed by atoms with Crippen molar-refractivity contribution in [1.29, 1.82) is 0 Å². The second-order valence-corrected chi connectivity index (χ2v) is 9.66. The van der Waals surface area contributed by atoms with Crippen molar-refractivity contribution in [3.05, 3.63) is 89.5 Å². The molecule has 1 amide bonds. The highest BCUT2D eigenvalue weighted by molar-refractivity contribution is 6.22. The molecular weight excluding hydrogens is 496 g/mol. The summed E-state index contributed by atoms with van der Waals surface area (Å²) in [5.74, 6) is 0.193. The van der Waals surface area contributed by atoms with Gasteiger partial charge in [0.1, 0.15) is 5.75 Å². The van der Waals surface area contributed by atoms with Crippen molar-refractivity contribution >= 4 is 34.4 Å². The topological polar surface area (TPSA) is 116 Å². The maximum Gasteiger partial charge on any atom is 0.513 e. The molecular formula is C30H30N4O5. The summed E-state index contributed by atoms with van der Waals surface area (Å²) < 4.78 is 9.68. The van der Waals surface area contributed by atoms with Gasteiger partial charge in [-0.1, -0.05) is 30.3 Å². The van der Waals surface area contributed by atoms with E-state index in [2.05, 4.69) is 28.9 Å². The number of hydrogen-bond acceptors (Lipinski definition) is 7. The number of carbonyl (C=O) groups excluding carboxylic acids is 2. The van der Waals surface area contributed by atoms with Crippen molar-refractivity contribution < 1.29 is 24.2 Å². The van der Waals surface area contributed by atoms with E-state index in [0.717, 1.165) is 5.56 Å². The third-order valence-electron chi connectivity index (χ3n) is 6.60. The molecule has 0 spiro atoms. The summed E-state index contributed by atoms with van der Waals surface area (Å²) in [6, 6.07) is 22.2. The Labute approximate surface area is 226 Å². The first-order valence-electron chi connectivity index (χ1n) is 12.7. The van der Waals surface area contributed by atoms with Gasteiger partial charge in [0, 0.05) is 47.8 Å². The molecule has 1 aliphatic rings. The number of aromatic nitrogens is 1. The van der Waals surface area contributed by atoms with Gasteiger partial charge in [0.25, 0.3) is 5.91 Å². The smallest absolute Gasteiger partial charge is 0.494 e. The Bertz CT molecular complexity index is 1520. The summed E-state index contributed by atoms with van der Waals surface area (Å²) in [6.45, 7) is 5.47. The van der Waals surface area contributed by atoms with E-state index in [9.17, 15) is 14.7 Å². The third-order valence-corrected chi connectivity index (χ3v) is 6.60. The van der Waals surface area contributed by atoms with Crippen LogP contribution in [0.15, 0.2) is 77.8 Å². The lowest BCUT2D eigenvalue weighted by Gasteiger charge is -2.36. The highest BCUT2D eigenvalue weighted by Gasteiger charge is 2.25. The van der Waals surface area contributed by atoms with Crippen LogP contribution in [0.25, 0.3) is 10.9 Å². The summed E-state index contributed by atoms with van der Waals surface area (Å²) in [5.41, 5.74) is 3.64.